The van der Waals surface area contributed by atoms with Gasteiger partial charge in [-0.1, -0.05) is 10.2 Å². The third-order valence-electron chi connectivity index (χ3n) is 8.38. The Balaban J connectivity index is 1.66. The second-order valence-electron chi connectivity index (χ2n) is 13.3. The summed E-state index contributed by atoms with van der Waals surface area (Å²) in [5.74, 6) is -0.944. The fourth-order valence-corrected chi connectivity index (χ4v) is 7.17. The molecule has 1 aliphatic carbocycles. The SMILES string of the molecule is CC(C)(C)OC(=O)C1CC2(CCN(S(=O)(=O)CCNC(=O)CCCC(=O)N(CCCCN=[N+]=[N-])CCOCCOCCN=[N+]=[N-])CC2)C1. The topological polar surface area (TPSA) is 229 Å². The number of esters is 1. The third-order valence-corrected chi connectivity index (χ3v) is 10.3. The predicted molar refractivity (Wildman–Crippen MR) is 178 cm³/mol. The first kappa shape index (κ1) is 41.0. The molecule has 2 fully saturated rings. The van der Waals surface area contributed by atoms with Crippen LogP contribution in [0.15, 0.2) is 10.2 Å². The molecule has 1 N–H and O–H groups in total. The summed E-state index contributed by atoms with van der Waals surface area (Å²) in [6.45, 7) is 8.96. The Morgan fingerprint density at radius 1 is 0.917 bits per heavy atom. The van der Waals surface area contributed by atoms with E-state index in [2.05, 4.69) is 25.4 Å². The zero-order valence-corrected chi connectivity index (χ0v) is 29.5. The van der Waals surface area contributed by atoms with Crippen LogP contribution in [0.1, 0.15) is 78.6 Å². The Bertz CT molecular complexity index is 1230. The Morgan fingerprint density at radius 3 is 2.21 bits per heavy atom. The van der Waals surface area contributed by atoms with Gasteiger partial charge in [0.15, 0.2) is 0 Å². The molecule has 1 saturated carbocycles. The van der Waals surface area contributed by atoms with Crippen molar-refractivity contribution in [2.75, 3.05) is 78.0 Å². The molecular weight excluding hydrogens is 646 g/mol. The summed E-state index contributed by atoms with van der Waals surface area (Å²) in [5.41, 5.74) is 16.2. The minimum atomic E-state index is -3.54. The minimum Gasteiger partial charge on any atom is -0.460 e. The van der Waals surface area contributed by atoms with Gasteiger partial charge in [-0.25, -0.2) is 12.7 Å². The molecule has 1 heterocycles. The van der Waals surface area contributed by atoms with Crippen LogP contribution in [0.2, 0.25) is 0 Å². The Labute approximate surface area is 283 Å². The van der Waals surface area contributed by atoms with Crippen LogP contribution in [0.3, 0.4) is 0 Å². The van der Waals surface area contributed by atoms with Gasteiger partial charge in [-0.05, 0) is 82.2 Å². The number of hydrogen-bond donors (Lipinski definition) is 1. The van der Waals surface area contributed by atoms with Crippen molar-refractivity contribution in [3.8, 4) is 0 Å². The van der Waals surface area contributed by atoms with Gasteiger partial charge < -0.3 is 24.4 Å². The van der Waals surface area contributed by atoms with Gasteiger partial charge in [0.25, 0.3) is 0 Å². The quantitative estimate of drug-likeness (QED) is 0.0542. The maximum atomic E-state index is 12.9. The van der Waals surface area contributed by atoms with E-state index in [0.717, 1.165) is 12.8 Å². The van der Waals surface area contributed by atoms with Crippen molar-refractivity contribution >= 4 is 27.8 Å². The van der Waals surface area contributed by atoms with Crippen LogP contribution in [0, 0.1) is 11.3 Å². The number of carbonyl (C=O) groups is 3. The molecule has 0 aromatic rings. The van der Waals surface area contributed by atoms with Crippen LogP contribution < -0.4 is 5.32 Å². The highest BCUT2D eigenvalue weighted by Crippen LogP contribution is 2.53. The van der Waals surface area contributed by atoms with Crippen molar-refractivity contribution in [3.05, 3.63) is 20.9 Å². The van der Waals surface area contributed by atoms with E-state index in [-0.39, 0.29) is 60.8 Å². The van der Waals surface area contributed by atoms with Crippen LogP contribution in [-0.4, -0.2) is 119 Å². The number of piperidine rings is 1. The van der Waals surface area contributed by atoms with Crippen molar-refractivity contribution in [1.29, 1.82) is 0 Å². The number of carbonyl (C=O) groups excluding carboxylic acids is 3. The Kier molecular flexibility index (Phi) is 18.0. The molecule has 0 radical (unpaired) electrons. The fourth-order valence-electron chi connectivity index (χ4n) is 5.82. The summed E-state index contributed by atoms with van der Waals surface area (Å²) in [5, 5.41) is 9.55. The molecule has 17 nitrogen and oxygen atoms in total. The number of amides is 2. The minimum absolute atomic E-state index is 0.00162. The van der Waals surface area contributed by atoms with Crippen molar-refractivity contribution in [3.63, 3.8) is 0 Å². The lowest BCUT2D eigenvalue weighted by Crippen LogP contribution is -2.51. The molecule has 18 heteroatoms. The van der Waals surface area contributed by atoms with Gasteiger partial charge in [-0.3, -0.25) is 14.4 Å². The summed E-state index contributed by atoms with van der Waals surface area (Å²) in [6, 6.07) is 0. The van der Waals surface area contributed by atoms with Crippen LogP contribution in [-0.2, 0) is 38.6 Å². The molecule has 2 amide bonds. The lowest BCUT2D eigenvalue weighted by molar-refractivity contribution is -0.170. The van der Waals surface area contributed by atoms with Gasteiger partial charge in [-0.2, -0.15) is 0 Å². The number of azide groups is 2. The smallest absolute Gasteiger partial charge is 0.309 e. The van der Waals surface area contributed by atoms with E-state index in [0.29, 0.717) is 91.3 Å². The number of ether oxygens (including phenoxy) is 3. The van der Waals surface area contributed by atoms with E-state index < -0.39 is 15.6 Å². The molecule has 48 heavy (non-hydrogen) atoms. The third kappa shape index (κ3) is 15.8. The summed E-state index contributed by atoms with van der Waals surface area (Å²) in [7, 11) is -3.54. The van der Waals surface area contributed by atoms with Gasteiger partial charge >= 0.3 is 5.97 Å². The lowest BCUT2D eigenvalue weighted by Gasteiger charge is -2.51. The highest BCUT2D eigenvalue weighted by molar-refractivity contribution is 7.89. The summed E-state index contributed by atoms with van der Waals surface area (Å²) in [4.78, 5) is 44.7. The van der Waals surface area contributed by atoms with Gasteiger partial charge in [0.2, 0.25) is 21.8 Å². The van der Waals surface area contributed by atoms with Crippen LogP contribution >= 0.6 is 0 Å². The standard InChI is InChI=1S/C30H53N9O8S/c1-29(2,3)47-28(42)25-23-30(24-25)9-15-39(16-10-30)48(43,44)22-13-33-26(40)7-6-8-27(41)38(14-5-4-11-34-36-31)17-19-46-21-20-45-18-12-35-37-32/h25H,4-24H2,1-3H3,(H,33,40). The highest BCUT2D eigenvalue weighted by Gasteiger charge is 2.50. The monoisotopic (exact) mass is 699 g/mol. The molecule has 0 bridgehead atoms. The second-order valence-corrected chi connectivity index (χ2v) is 15.4. The van der Waals surface area contributed by atoms with Crippen LogP contribution in [0.4, 0.5) is 0 Å². The second kappa shape index (κ2) is 21.1. The van der Waals surface area contributed by atoms with E-state index in [1.807, 2.05) is 20.8 Å². The summed E-state index contributed by atoms with van der Waals surface area (Å²) >= 11 is 0. The molecule has 1 saturated heterocycles. The van der Waals surface area contributed by atoms with Crippen molar-refractivity contribution in [1.82, 2.24) is 14.5 Å². The van der Waals surface area contributed by atoms with Crippen molar-refractivity contribution < 1.29 is 37.0 Å². The molecule has 0 aromatic heterocycles. The summed E-state index contributed by atoms with van der Waals surface area (Å²) in [6.07, 6.45) is 4.70. The van der Waals surface area contributed by atoms with Crippen LogP contribution in [0.5, 0.6) is 0 Å². The largest absolute Gasteiger partial charge is 0.460 e. The molecule has 0 atom stereocenters. The molecule has 272 valence electrons. The zero-order chi connectivity index (χ0) is 35.5. The van der Waals surface area contributed by atoms with E-state index in [4.69, 9.17) is 25.3 Å². The first-order valence-electron chi connectivity index (χ1n) is 16.7. The molecule has 2 aliphatic rings. The van der Waals surface area contributed by atoms with Crippen molar-refractivity contribution in [2.24, 2.45) is 21.6 Å². The number of unbranched alkanes of at least 4 members (excludes halogenated alkanes) is 1. The van der Waals surface area contributed by atoms with Gasteiger partial charge in [0.05, 0.1) is 38.1 Å². The molecule has 0 aromatic carbocycles. The maximum Gasteiger partial charge on any atom is 0.309 e. The van der Waals surface area contributed by atoms with Crippen LogP contribution in [0.25, 0.3) is 20.9 Å². The van der Waals surface area contributed by atoms with E-state index >= 15 is 0 Å². The van der Waals surface area contributed by atoms with Gasteiger partial charge in [0.1, 0.15) is 5.60 Å². The molecular formula is C30H53N9O8S. The number of nitrogens with one attached hydrogen (secondary N) is 1. The van der Waals surface area contributed by atoms with Gasteiger partial charge in [0, 0.05) is 68.5 Å². The predicted octanol–water partition coefficient (Wildman–Crippen LogP) is 3.70. The average molecular weight is 700 g/mol. The number of nitrogens with zero attached hydrogens (tertiary/aromatic N) is 8. The van der Waals surface area contributed by atoms with E-state index in [1.165, 1.54) is 4.31 Å². The van der Waals surface area contributed by atoms with Crippen molar-refractivity contribution in [2.45, 2.75) is 84.2 Å². The number of rotatable bonds is 23. The normalized spacial score (nSPS) is 16.3. The first-order chi connectivity index (χ1) is 22.8. The summed E-state index contributed by atoms with van der Waals surface area (Å²) < 4.78 is 43.7. The first-order valence-corrected chi connectivity index (χ1v) is 18.3. The molecule has 2 rings (SSSR count). The Morgan fingerprint density at radius 2 is 1.56 bits per heavy atom. The average Bonchev–Trinajstić information content (AvgIpc) is 3.00. The number of hydrogen-bond acceptors (Lipinski definition) is 10. The van der Waals surface area contributed by atoms with E-state index in [1.54, 1.807) is 4.90 Å². The number of sulfonamides is 1. The molecule has 1 spiro atoms. The zero-order valence-electron chi connectivity index (χ0n) is 28.7. The van der Waals surface area contributed by atoms with E-state index in [9.17, 15) is 22.8 Å². The molecule has 0 unspecified atom stereocenters. The Hall–Kier alpha value is -3.14. The molecule has 1 aliphatic heterocycles. The fraction of sp³-hybridized carbons (Fsp3) is 0.900. The highest BCUT2D eigenvalue weighted by atomic mass is 32.2. The van der Waals surface area contributed by atoms with Gasteiger partial charge in [-0.15, -0.1) is 0 Å². The maximum absolute atomic E-state index is 12.9. The lowest BCUT2D eigenvalue weighted by atomic mass is 9.58.